The summed E-state index contributed by atoms with van der Waals surface area (Å²) in [6.07, 6.45) is 11.0. The molecule has 0 bridgehead atoms. The third kappa shape index (κ3) is 3.87. The zero-order valence-electron chi connectivity index (χ0n) is 18.8. The molecule has 31 heavy (non-hydrogen) atoms. The number of nitrogens with one attached hydrogen (secondary N) is 1. The summed E-state index contributed by atoms with van der Waals surface area (Å²) in [6, 6.07) is 4.76. The molecule has 0 amide bonds. The van der Waals surface area contributed by atoms with Gasteiger partial charge in [0.1, 0.15) is 5.75 Å². The predicted molar refractivity (Wildman–Crippen MR) is 123 cm³/mol. The standard InChI is InChI=1S/C24H32N6O/c1-4-16-7-5-6-8-21(16)30-23-19(14-26-30)13-25-24(28-23)27-20-11-18-15-29(2)10-9-17(18)12-22(20)31-3/h11-14,16,21H,4-10,15H2,1-3H3,(H,25,27,28). The van der Waals surface area contributed by atoms with Crippen molar-refractivity contribution in [2.24, 2.45) is 5.92 Å². The maximum absolute atomic E-state index is 5.68. The number of benzene rings is 1. The van der Waals surface area contributed by atoms with E-state index in [0.29, 0.717) is 17.9 Å². The first-order chi connectivity index (χ1) is 15.2. The molecule has 7 nitrogen and oxygen atoms in total. The number of fused-ring (bicyclic) bond motifs is 2. The van der Waals surface area contributed by atoms with Crippen LogP contribution in [-0.4, -0.2) is 45.4 Å². The molecule has 2 atom stereocenters. The summed E-state index contributed by atoms with van der Waals surface area (Å²) in [4.78, 5) is 11.8. The molecule has 1 N–H and O–H groups in total. The maximum Gasteiger partial charge on any atom is 0.229 e. The van der Waals surface area contributed by atoms with Gasteiger partial charge in [-0.1, -0.05) is 26.2 Å². The van der Waals surface area contributed by atoms with Crippen molar-refractivity contribution in [1.82, 2.24) is 24.6 Å². The van der Waals surface area contributed by atoms with Gasteiger partial charge in [-0.15, -0.1) is 0 Å². The van der Waals surface area contributed by atoms with Crippen LogP contribution in [0.5, 0.6) is 5.75 Å². The van der Waals surface area contributed by atoms with E-state index in [9.17, 15) is 0 Å². The van der Waals surface area contributed by atoms with Crippen LogP contribution in [-0.2, 0) is 13.0 Å². The van der Waals surface area contributed by atoms with E-state index < -0.39 is 0 Å². The normalized spacial score (nSPS) is 21.8. The Balaban J connectivity index is 1.48. The van der Waals surface area contributed by atoms with Crippen LogP contribution in [0.2, 0.25) is 0 Å². The Kier molecular flexibility index (Phi) is 5.52. The van der Waals surface area contributed by atoms with Crippen molar-refractivity contribution in [2.45, 2.75) is 58.0 Å². The fraction of sp³-hybridized carbons (Fsp3) is 0.542. The van der Waals surface area contributed by atoms with Gasteiger partial charge in [-0.25, -0.2) is 9.67 Å². The second kappa shape index (κ2) is 8.46. The number of likely N-dealkylation sites (N-methyl/N-ethyl adjacent to an activating group) is 1. The number of rotatable bonds is 5. The molecule has 3 aromatic rings. The van der Waals surface area contributed by atoms with E-state index in [0.717, 1.165) is 42.0 Å². The van der Waals surface area contributed by atoms with Crippen molar-refractivity contribution in [2.75, 3.05) is 26.0 Å². The summed E-state index contributed by atoms with van der Waals surface area (Å²) in [5, 5.41) is 9.13. The molecule has 1 aliphatic carbocycles. The first-order valence-electron chi connectivity index (χ1n) is 11.5. The topological polar surface area (TPSA) is 68.1 Å². The smallest absolute Gasteiger partial charge is 0.229 e. The Hall–Kier alpha value is -2.67. The molecule has 3 heterocycles. The summed E-state index contributed by atoms with van der Waals surface area (Å²) < 4.78 is 7.83. The predicted octanol–water partition coefficient (Wildman–Crippen LogP) is 4.71. The zero-order valence-corrected chi connectivity index (χ0v) is 18.8. The van der Waals surface area contributed by atoms with Crippen LogP contribution >= 0.6 is 0 Å². The molecular formula is C24H32N6O. The van der Waals surface area contributed by atoms with Crippen LogP contribution in [0.4, 0.5) is 11.6 Å². The summed E-state index contributed by atoms with van der Waals surface area (Å²) in [6.45, 7) is 4.31. The zero-order chi connectivity index (χ0) is 21.4. The first-order valence-corrected chi connectivity index (χ1v) is 11.5. The van der Waals surface area contributed by atoms with E-state index >= 15 is 0 Å². The van der Waals surface area contributed by atoms with Gasteiger partial charge in [0.2, 0.25) is 5.95 Å². The lowest BCUT2D eigenvalue weighted by molar-refractivity contribution is 0.222. The fourth-order valence-electron chi connectivity index (χ4n) is 5.24. The molecule has 164 valence electrons. The molecule has 1 aromatic carbocycles. The summed E-state index contributed by atoms with van der Waals surface area (Å²) in [5.41, 5.74) is 4.51. The highest BCUT2D eigenvalue weighted by atomic mass is 16.5. The SMILES string of the molecule is CCC1CCCCC1n1ncc2cnc(Nc3cc4c(cc3OC)CCN(C)C4)nc21. The molecule has 1 aliphatic heterocycles. The number of aromatic nitrogens is 4. The van der Waals surface area contributed by atoms with Gasteiger partial charge in [0.15, 0.2) is 5.65 Å². The van der Waals surface area contributed by atoms with E-state index in [4.69, 9.17) is 14.8 Å². The Labute approximate surface area is 183 Å². The Morgan fingerprint density at radius 2 is 2.03 bits per heavy atom. The number of anilines is 2. The van der Waals surface area contributed by atoms with Crippen LogP contribution in [0.3, 0.4) is 0 Å². The number of nitrogens with zero attached hydrogens (tertiary/aromatic N) is 5. The van der Waals surface area contributed by atoms with Gasteiger partial charge in [-0.2, -0.15) is 10.1 Å². The van der Waals surface area contributed by atoms with Gasteiger partial charge in [0.05, 0.1) is 30.4 Å². The summed E-state index contributed by atoms with van der Waals surface area (Å²) >= 11 is 0. The molecule has 2 unspecified atom stereocenters. The molecule has 1 fully saturated rings. The molecule has 0 radical (unpaired) electrons. The van der Waals surface area contributed by atoms with Crippen molar-refractivity contribution in [3.8, 4) is 5.75 Å². The second-order valence-corrected chi connectivity index (χ2v) is 9.02. The number of methoxy groups -OCH3 is 1. The Morgan fingerprint density at radius 1 is 1.16 bits per heavy atom. The largest absolute Gasteiger partial charge is 0.495 e. The molecule has 0 saturated heterocycles. The van der Waals surface area contributed by atoms with Gasteiger partial charge in [-0.3, -0.25) is 0 Å². The Bertz CT molecular complexity index is 1080. The van der Waals surface area contributed by atoms with Crippen molar-refractivity contribution >= 4 is 22.7 Å². The average molecular weight is 421 g/mol. The second-order valence-electron chi connectivity index (χ2n) is 9.02. The molecule has 1 saturated carbocycles. The average Bonchev–Trinajstić information content (AvgIpc) is 3.21. The van der Waals surface area contributed by atoms with E-state index in [-0.39, 0.29) is 0 Å². The van der Waals surface area contributed by atoms with E-state index in [1.165, 1.54) is 43.2 Å². The maximum atomic E-state index is 5.68. The van der Waals surface area contributed by atoms with Gasteiger partial charge >= 0.3 is 0 Å². The number of ether oxygens (including phenoxy) is 1. The molecule has 5 rings (SSSR count). The highest BCUT2D eigenvalue weighted by Crippen LogP contribution is 2.37. The van der Waals surface area contributed by atoms with E-state index in [1.807, 2.05) is 12.4 Å². The van der Waals surface area contributed by atoms with Gasteiger partial charge in [0.25, 0.3) is 0 Å². The van der Waals surface area contributed by atoms with E-state index in [2.05, 4.69) is 46.0 Å². The van der Waals surface area contributed by atoms with Crippen LogP contribution in [0, 0.1) is 5.92 Å². The fourth-order valence-corrected chi connectivity index (χ4v) is 5.24. The van der Waals surface area contributed by atoms with Crippen LogP contribution in [0.25, 0.3) is 11.0 Å². The van der Waals surface area contributed by atoms with Gasteiger partial charge in [0, 0.05) is 19.3 Å². The van der Waals surface area contributed by atoms with E-state index in [1.54, 1.807) is 7.11 Å². The quantitative estimate of drug-likeness (QED) is 0.645. The van der Waals surface area contributed by atoms with Gasteiger partial charge in [-0.05, 0) is 55.5 Å². The van der Waals surface area contributed by atoms with Crippen LogP contribution in [0.15, 0.2) is 24.5 Å². The monoisotopic (exact) mass is 420 g/mol. The lowest BCUT2D eigenvalue weighted by Crippen LogP contribution is -2.26. The van der Waals surface area contributed by atoms with Crippen molar-refractivity contribution in [3.63, 3.8) is 0 Å². The number of hydrogen-bond donors (Lipinski definition) is 1. The molecule has 7 heteroatoms. The lowest BCUT2D eigenvalue weighted by atomic mass is 9.83. The molecule has 2 aliphatic rings. The number of hydrogen-bond acceptors (Lipinski definition) is 6. The van der Waals surface area contributed by atoms with Crippen molar-refractivity contribution < 1.29 is 4.74 Å². The first kappa shape index (κ1) is 20.2. The summed E-state index contributed by atoms with van der Waals surface area (Å²) in [5.74, 6) is 2.08. The van der Waals surface area contributed by atoms with Gasteiger partial charge < -0.3 is 15.0 Å². The lowest BCUT2D eigenvalue weighted by Gasteiger charge is -2.31. The minimum absolute atomic E-state index is 0.424. The summed E-state index contributed by atoms with van der Waals surface area (Å²) in [7, 11) is 3.88. The highest BCUT2D eigenvalue weighted by Gasteiger charge is 2.27. The molecular weight excluding hydrogens is 388 g/mol. The van der Waals surface area contributed by atoms with Crippen molar-refractivity contribution in [3.05, 3.63) is 35.7 Å². The third-order valence-corrected chi connectivity index (χ3v) is 7.01. The minimum atomic E-state index is 0.424. The highest BCUT2D eigenvalue weighted by molar-refractivity contribution is 5.76. The molecule has 0 spiro atoms. The third-order valence-electron chi connectivity index (χ3n) is 7.01. The molecule has 2 aromatic heterocycles. The minimum Gasteiger partial charge on any atom is -0.495 e. The van der Waals surface area contributed by atoms with Crippen LogP contribution < -0.4 is 10.1 Å². The Morgan fingerprint density at radius 3 is 2.87 bits per heavy atom. The van der Waals surface area contributed by atoms with Crippen molar-refractivity contribution in [1.29, 1.82) is 0 Å². The van der Waals surface area contributed by atoms with Crippen LogP contribution in [0.1, 0.15) is 56.2 Å².